The third-order valence-electron chi connectivity index (χ3n) is 3.87. The number of hydrogen-bond acceptors (Lipinski definition) is 5. The van der Waals surface area contributed by atoms with E-state index >= 15 is 0 Å². The predicted octanol–water partition coefficient (Wildman–Crippen LogP) is 3.38. The van der Waals surface area contributed by atoms with Gasteiger partial charge in [-0.2, -0.15) is 0 Å². The van der Waals surface area contributed by atoms with Crippen molar-refractivity contribution in [1.29, 1.82) is 0 Å². The highest BCUT2D eigenvalue weighted by molar-refractivity contribution is 6.00. The number of Topliss-reactive ketones (excluding diaryl/α,β-unsaturated/α-hetero) is 1. The normalized spacial score (nSPS) is 12.7. The summed E-state index contributed by atoms with van der Waals surface area (Å²) in [4.78, 5) is 12.5. The van der Waals surface area contributed by atoms with Crippen molar-refractivity contribution >= 4 is 5.78 Å². The summed E-state index contributed by atoms with van der Waals surface area (Å²) in [6.07, 6.45) is 0.131. The molecule has 5 heteroatoms. The minimum atomic E-state index is -0.219. The third kappa shape index (κ3) is 2.95. The molecule has 3 rings (SSSR count). The Labute approximate surface area is 134 Å². The molecule has 23 heavy (non-hydrogen) atoms. The van der Waals surface area contributed by atoms with Crippen molar-refractivity contribution in [2.24, 2.45) is 0 Å². The van der Waals surface area contributed by atoms with Gasteiger partial charge in [0, 0.05) is 12.5 Å². The zero-order valence-electron chi connectivity index (χ0n) is 13.0. The van der Waals surface area contributed by atoms with Gasteiger partial charge in [0.1, 0.15) is 11.5 Å². The lowest BCUT2D eigenvalue weighted by atomic mass is 9.95. The maximum atomic E-state index is 12.5. The number of benzene rings is 2. The molecule has 0 amide bonds. The van der Waals surface area contributed by atoms with Crippen LogP contribution in [0.3, 0.4) is 0 Å². The van der Waals surface area contributed by atoms with Crippen LogP contribution in [0.15, 0.2) is 30.3 Å². The van der Waals surface area contributed by atoms with Crippen molar-refractivity contribution < 1.29 is 24.5 Å². The molecule has 0 unspecified atom stereocenters. The van der Waals surface area contributed by atoms with Gasteiger partial charge in [-0.05, 0) is 35.2 Å². The van der Waals surface area contributed by atoms with Gasteiger partial charge in [-0.25, -0.2) is 0 Å². The van der Waals surface area contributed by atoms with E-state index < -0.39 is 0 Å². The Morgan fingerprint density at radius 1 is 1.09 bits per heavy atom. The lowest BCUT2D eigenvalue weighted by Gasteiger charge is -2.12. The molecule has 1 heterocycles. The van der Waals surface area contributed by atoms with Gasteiger partial charge in [-0.15, -0.1) is 0 Å². The van der Waals surface area contributed by atoms with Crippen LogP contribution in [0.4, 0.5) is 0 Å². The molecule has 0 fully saturated rings. The molecule has 2 N–H and O–H groups in total. The molecule has 2 aromatic rings. The smallest absolute Gasteiger partial charge is 0.231 e. The van der Waals surface area contributed by atoms with Gasteiger partial charge >= 0.3 is 0 Å². The number of hydrogen-bond donors (Lipinski definition) is 2. The van der Waals surface area contributed by atoms with E-state index in [2.05, 4.69) is 0 Å². The monoisotopic (exact) mass is 314 g/mol. The largest absolute Gasteiger partial charge is 0.508 e. The van der Waals surface area contributed by atoms with Gasteiger partial charge in [-0.1, -0.05) is 19.9 Å². The van der Waals surface area contributed by atoms with Crippen molar-refractivity contribution in [3.63, 3.8) is 0 Å². The predicted molar refractivity (Wildman–Crippen MR) is 84.5 cm³/mol. The Hall–Kier alpha value is -2.69. The van der Waals surface area contributed by atoms with Gasteiger partial charge < -0.3 is 19.7 Å². The fraction of sp³-hybridized carbons (Fsp3) is 0.278. The molecule has 1 aliphatic rings. The summed E-state index contributed by atoms with van der Waals surface area (Å²) < 4.78 is 10.5. The molecule has 0 aromatic heterocycles. The van der Waals surface area contributed by atoms with Gasteiger partial charge in [0.15, 0.2) is 17.3 Å². The minimum Gasteiger partial charge on any atom is -0.508 e. The Morgan fingerprint density at radius 2 is 1.83 bits per heavy atom. The maximum absolute atomic E-state index is 12.5. The van der Waals surface area contributed by atoms with Gasteiger partial charge in [0.05, 0.1) is 5.56 Å². The van der Waals surface area contributed by atoms with Gasteiger partial charge in [-0.3, -0.25) is 4.79 Å². The second-order valence-electron chi connectivity index (χ2n) is 5.87. The highest BCUT2D eigenvalue weighted by atomic mass is 16.7. The summed E-state index contributed by atoms with van der Waals surface area (Å²) in [5, 5.41) is 19.8. The molecular formula is C18H18O5. The Bertz CT molecular complexity index is 764. The number of fused-ring (bicyclic) bond motifs is 1. The molecule has 0 saturated heterocycles. The second kappa shape index (κ2) is 5.83. The van der Waals surface area contributed by atoms with Crippen LogP contribution >= 0.6 is 0 Å². The van der Waals surface area contributed by atoms with Crippen LogP contribution in [0.2, 0.25) is 0 Å². The number of ether oxygens (including phenoxy) is 2. The molecule has 0 saturated carbocycles. The average molecular weight is 314 g/mol. The summed E-state index contributed by atoms with van der Waals surface area (Å²) in [6, 6.07) is 8.11. The molecule has 0 aliphatic carbocycles. The zero-order chi connectivity index (χ0) is 16.6. The van der Waals surface area contributed by atoms with E-state index in [1.54, 1.807) is 24.3 Å². The third-order valence-corrected chi connectivity index (χ3v) is 3.87. The molecule has 2 aromatic carbocycles. The zero-order valence-corrected chi connectivity index (χ0v) is 13.0. The summed E-state index contributed by atoms with van der Waals surface area (Å²) >= 11 is 0. The number of carbonyl (C=O) groups is 1. The molecule has 1 aliphatic heterocycles. The number of aromatic hydroxyl groups is 2. The lowest BCUT2D eigenvalue weighted by molar-refractivity contribution is 0.0990. The van der Waals surface area contributed by atoms with E-state index in [1.807, 2.05) is 13.8 Å². The van der Waals surface area contributed by atoms with Crippen molar-refractivity contribution in [3.05, 3.63) is 47.0 Å². The van der Waals surface area contributed by atoms with E-state index in [-0.39, 0.29) is 42.0 Å². The van der Waals surface area contributed by atoms with Crippen molar-refractivity contribution in [3.8, 4) is 23.0 Å². The lowest BCUT2D eigenvalue weighted by Crippen LogP contribution is -2.05. The number of ketones is 1. The SMILES string of the molecule is CC(C)c1cc(C(=O)Cc2ccc3c(c2)OCO3)c(O)cc1O. The van der Waals surface area contributed by atoms with Crippen LogP contribution in [-0.4, -0.2) is 22.8 Å². The van der Waals surface area contributed by atoms with Gasteiger partial charge in [0.25, 0.3) is 0 Å². The molecule has 120 valence electrons. The fourth-order valence-corrected chi connectivity index (χ4v) is 2.61. The van der Waals surface area contributed by atoms with Crippen molar-refractivity contribution in [1.82, 2.24) is 0 Å². The van der Waals surface area contributed by atoms with Crippen LogP contribution < -0.4 is 9.47 Å². The van der Waals surface area contributed by atoms with Crippen LogP contribution in [-0.2, 0) is 6.42 Å². The number of phenols is 2. The quantitative estimate of drug-likeness (QED) is 0.846. The Kier molecular flexibility index (Phi) is 3.86. The van der Waals surface area contributed by atoms with E-state index in [4.69, 9.17) is 9.47 Å². The first-order valence-electron chi connectivity index (χ1n) is 7.43. The summed E-state index contributed by atoms with van der Waals surface area (Å²) in [5.74, 6) is 0.898. The van der Waals surface area contributed by atoms with Crippen LogP contribution in [0.1, 0.15) is 41.3 Å². The molecule has 0 bridgehead atoms. The number of phenolic OH excluding ortho intramolecular Hbond substituents is 2. The van der Waals surface area contributed by atoms with Crippen LogP contribution in [0, 0.1) is 0 Å². The molecule has 5 nitrogen and oxygen atoms in total. The minimum absolute atomic E-state index is 0.00266. The molecule has 0 atom stereocenters. The highest BCUT2D eigenvalue weighted by Crippen LogP contribution is 2.35. The van der Waals surface area contributed by atoms with E-state index in [0.717, 1.165) is 5.56 Å². The first kappa shape index (κ1) is 15.2. The summed E-state index contributed by atoms with van der Waals surface area (Å²) in [5.41, 5.74) is 1.62. The maximum Gasteiger partial charge on any atom is 0.231 e. The first-order chi connectivity index (χ1) is 11.0. The first-order valence-corrected chi connectivity index (χ1v) is 7.43. The van der Waals surface area contributed by atoms with E-state index in [0.29, 0.717) is 17.1 Å². The van der Waals surface area contributed by atoms with E-state index in [9.17, 15) is 15.0 Å². The topological polar surface area (TPSA) is 76.0 Å². The fourth-order valence-electron chi connectivity index (χ4n) is 2.61. The molecule has 0 radical (unpaired) electrons. The second-order valence-corrected chi connectivity index (χ2v) is 5.87. The summed E-state index contributed by atoms with van der Waals surface area (Å²) in [6.45, 7) is 4.01. The molecular weight excluding hydrogens is 296 g/mol. The Morgan fingerprint density at radius 3 is 2.57 bits per heavy atom. The standard InChI is InChI=1S/C18H18O5/c1-10(2)12-7-13(16(21)8-15(12)20)14(19)5-11-3-4-17-18(6-11)23-9-22-17/h3-4,6-8,10,20-21H,5,9H2,1-2H3. The van der Waals surface area contributed by atoms with E-state index in [1.165, 1.54) is 6.07 Å². The summed E-state index contributed by atoms with van der Waals surface area (Å²) in [7, 11) is 0. The molecule has 0 spiro atoms. The van der Waals surface area contributed by atoms with Crippen molar-refractivity contribution in [2.45, 2.75) is 26.2 Å². The highest BCUT2D eigenvalue weighted by Gasteiger charge is 2.19. The number of rotatable bonds is 4. The van der Waals surface area contributed by atoms with Crippen LogP contribution in [0.5, 0.6) is 23.0 Å². The Balaban J connectivity index is 1.87. The van der Waals surface area contributed by atoms with Crippen molar-refractivity contribution in [2.75, 3.05) is 6.79 Å². The average Bonchev–Trinajstić information content (AvgIpc) is 2.94. The number of carbonyl (C=O) groups excluding carboxylic acids is 1. The van der Waals surface area contributed by atoms with Gasteiger partial charge in [0.2, 0.25) is 6.79 Å². The van der Waals surface area contributed by atoms with Crippen LogP contribution in [0.25, 0.3) is 0 Å².